The first kappa shape index (κ1) is 7.52. The minimum absolute atomic E-state index is 1.14. The minimum Gasteiger partial charge on any atom is -0.314 e. The van der Waals surface area contributed by atoms with Crippen LogP contribution in [0.2, 0.25) is 0 Å². The van der Waals surface area contributed by atoms with Gasteiger partial charge in [0.1, 0.15) is 0 Å². The number of piperazine rings is 1. The molecule has 0 aromatic rings. The predicted octanol–water partition coefficient (Wildman–Crippen LogP) is -0.225. The Balaban J connectivity index is 0.000000222. The summed E-state index contributed by atoms with van der Waals surface area (Å²) in [5.74, 6) is 0. The fourth-order valence-corrected chi connectivity index (χ4v) is 0.604. The lowest BCUT2D eigenvalue weighted by molar-refractivity contribution is 0.534. The molecule has 1 fully saturated rings. The summed E-state index contributed by atoms with van der Waals surface area (Å²) >= 11 is 0. The van der Waals surface area contributed by atoms with Crippen LogP contribution in [0.1, 0.15) is 0 Å². The van der Waals surface area contributed by atoms with Gasteiger partial charge in [0.15, 0.2) is 0 Å². The van der Waals surface area contributed by atoms with Gasteiger partial charge < -0.3 is 10.6 Å². The van der Waals surface area contributed by atoms with E-state index in [2.05, 4.69) is 10.6 Å². The molecule has 1 saturated heterocycles. The molecular formula is C4H12N4. The Morgan fingerprint density at radius 2 is 1.00 bits per heavy atom. The van der Waals surface area contributed by atoms with Gasteiger partial charge in [-0.2, -0.15) is 0 Å². The number of rotatable bonds is 0. The summed E-state index contributed by atoms with van der Waals surface area (Å²) in [6.45, 7) is 4.56. The second-order valence-corrected chi connectivity index (χ2v) is 1.50. The molecular weight excluding hydrogens is 104 g/mol. The molecule has 48 valence electrons. The van der Waals surface area contributed by atoms with E-state index in [9.17, 15) is 0 Å². The van der Waals surface area contributed by atoms with Gasteiger partial charge in [0.05, 0.1) is 0 Å². The molecule has 0 amide bonds. The number of hydrogen-bond donors (Lipinski definition) is 4. The molecule has 0 spiro atoms. The standard InChI is InChI=1S/C4H10N2.H2N2/c1-2-6-4-3-5-1;1-2/h5-6H,1-4H2;1-2H. The lowest BCUT2D eigenvalue weighted by Gasteiger charge is -2.11. The van der Waals surface area contributed by atoms with E-state index in [1.54, 1.807) is 0 Å². The Bertz CT molecular complexity index is 31.8. The Labute approximate surface area is 49.0 Å². The van der Waals surface area contributed by atoms with Gasteiger partial charge in [-0.15, -0.1) is 0 Å². The van der Waals surface area contributed by atoms with E-state index in [-0.39, 0.29) is 0 Å². The third-order valence-corrected chi connectivity index (χ3v) is 0.957. The first-order chi connectivity index (χ1) is 4.00. The molecule has 1 heterocycles. The summed E-state index contributed by atoms with van der Waals surface area (Å²) in [6.07, 6.45) is 0. The molecule has 1 aliphatic rings. The van der Waals surface area contributed by atoms with Crippen molar-refractivity contribution in [3.05, 3.63) is 0 Å². The van der Waals surface area contributed by atoms with Crippen LogP contribution < -0.4 is 10.6 Å². The summed E-state index contributed by atoms with van der Waals surface area (Å²) in [5.41, 5.74) is 10.0. The fourth-order valence-electron chi connectivity index (χ4n) is 0.604. The molecule has 8 heavy (non-hydrogen) atoms. The average Bonchev–Trinajstić information content (AvgIpc) is 1.96. The zero-order valence-electron chi connectivity index (χ0n) is 4.83. The topological polar surface area (TPSA) is 71.8 Å². The highest BCUT2D eigenvalue weighted by Gasteiger charge is 1.91. The molecule has 0 aromatic heterocycles. The molecule has 0 saturated carbocycles. The van der Waals surface area contributed by atoms with E-state index in [1.165, 1.54) is 0 Å². The maximum absolute atomic E-state index is 5.00. The third-order valence-electron chi connectivity index (χ3n) is 0.957. The van der Waals surface area contributed by atoms with E-state index in [1.807, 2.05) is 0 Å². The first-order valence-electron chi connectivity index (χ1n) is 2.66. The lowest BCUT2D eigenvalue weighted by atomic mass is 10.4. The highest BCUT2D eigenvalue weighted by atomic mass is 15.0. The second-order valence-electron chi connectivity index (χ2n) is 1.50. The fraction of sp³-hybridized carbons (Fsp3) is 1.00. The van der Waals surface area contributed by atoms with Crippen LogP contribution in [-0.2, 0) is 0 Å². The highest BCUT2D eigenvalue weighted by molar-refractivity contribution is 4.59. The van der Waals surface area contributed by atoms with Crippen molar-refractivity contribution in [1.82, 2.24) is 10.6 Å². The van der Waals surface area contributed by atoms with Gasteiger partial charge in [0.2, 0.25) is 0 Å². The molecule has 4 N–H and O–H groups in total. The molecule has 1 rings (SSSR count). The maximum Gasteiger partial charge on any atom is 0.00772 e. The van der Waals surface area contributed by atoms with Crippen molar-refractivity contribution in [2.24, 2.45) is 0 Å². The molecule has 0 radical (unpaired) electrons. The van der Waals surface area contributed by atoms with Crippen LogP contribution in [0.25, 0.3) is 0 Å². The van der Waals surface area contributed by atoms with Crippen LogP contribution in [0.4, 0.5) is 0 Å². The predicted molar refractivity (Wildman–Crippen MR) is 31.2 cm³/mol. The molecule has 4 heteroatoms. The summed E-state index contributed by atoms with van der Waals surface area (Å²) in [5, 5.41) is 6.44. The zero-order valence-corrected chi connectivity index (χ0v) is 4.83. The van der Waals surface area contributed by atoms with Gasteiger partial charge >= 0.3 is 0 Å². The Morgan fingerprint density at radius 3 is 1.12 bits per heavy atom. The largest absolute Gasteiger partial charge is 0.314 e. The van der Waals surface area contributed by atoms with E-state index in [0.717, 1.165) is 26.2 Å². The van der Waals surface area contributed by atoms with Gasteiger partial charge in [-0.3, -0.25) is 0 Å². The number of nitrogens with one attached hydrogen (secondary N) is 4. The molecule has 0 bridgehead atoms. The van der Waals surface area contributed by atoms with Crippen molar-refractivity contribution >= 4 is 0 Å². The average molecular weight is 116 g/mol. The van der Waals surface area contributed by atoms with E-state index in [4.69, 9.17) is 11.1 Å². The van der Waals surface area contributed by atoms with Crippen molar-refractivity contribution in [1.29, 1.82) is 11.1 Å². The molecule has 0 aliphatic carbocycles. The van der Waals surface area contributed by atoms with E-state index >= 15 is 0 Å². The van der Waals surface area contributed by atoms with Crippen LogP contribution in [0.15, 0.2) is 0 Å². The second kappa shape index (κ2) is 6.52. The van der Waals surface area contributed by atoms with Crippen LogP contribution in [0.3, 0.4) is 0 Å². The quantitative estimate of drug-likeness (QED) is 0.330. The zero-order chi connectivity index (χ0) is 6.24. The summed E-state index contributed by atoms with van der Waals surface area (Å²) < 4.78 is 0. The van der Waals surface area contributed by atoms with Crippen LogP contribution >= 0.6 is 0 Å². The Kier molecular flexibility index (Phi) is 6.13. The van der Waals surface area contributed by atoms with Crippen molar-refractivity contribution in [3.8, 4) is 0 Å². The van der Waals surface area contributed by atoms with Gasteiger partial charge in [0, 0.05) is 26.2 Å². The normalized spacial score (nSPS) is 18.5. The van der Waals surface area contributed by atoms with Gasteiger partial charge in [-0.05, 0) is 0 Å². The van der Waals surface area contributed by atoms with Crippen molar-refractivity contribution in [2.75, 3.05) is 26.2 Å². The van der Waals surface area contributed by atoms with Crippen LogP contribution in [0, 0.1) is 11.1 Å². The third kappa shape index (κ3) is 3.70. The minimum atomic E-state index is 1.14. The van der Waals surface area contributed by atoms with Gasteiger partial charge in [0.25, 0.3) is 0 Å². The van der Waals surface area contributed by atoms with Gasteiger partial charge in [-0.1, -0.05) is 0 Å². The molecule has 4 nitrogen and oxygen atoms in total. The molecule has 1 aliphatic heterocycles. The highest BCUT2D eigenvalue weighted by Crippen LogP contribution is 1.65. The van der Waals surface area contributed by atoms with Crippen molar-refractivity contribution in [3.63, 3.8) is 0 Å². The number of hydrogen-bond acceptors (Lipinski definition) is 4. The molecule has 0 atom stereocenters. The lowest BCUT2D eigenvalue weighted by Crippen LogP contribution is -2.39. The SMILES string of the molecule is C1CNCCN1.N=N. The van der Waals surface area contributed by atoms with Crippen molar-refractivity contribution in [2.45, 2.75) is 0 Å². The maximum atomic E-state index is 5.00. The van der Waals surface area contributed by atoms with E-state index in [0.29, 0.717) is 0 Å². The monoisotopic (exact) mass is 116 g/mol. The summed E-state index contributed by atoms with van der Waals surface area (Å²) in [6, 6.07) is 0. The first-order valence-corrected chi connectivity index (χ1v) is 2.66. The Morgan fingerprint density at radius 1 is 0.750 bits per heavy atom. The van der Waals surface area contributed by atoms with Crippen molar-refractivity contribution < 1.29 is 0 Å². The van der Waals surface area contributed by atoms with E-state index < -0.39 is 0 Å². The Hall–Kier alpha value is -0.480. The summed E-state index contributed by atoms with van der Waals surface area (Å²) in [4.78, 5) is 0. The molecule has 0 aromatic carbocycles. The summed E-state index contributed by atoms with van der Waals surface area (Å²) in [7, 11) is 0. The van der Waals surface area contributed by atoms with Crippen LogP contribution in [0.5, 0.6) is 0 Å². The smallest absolute Gasteiger partial charge is 0.00772 e. The molecule has 0 unspecified atom stereocenters. The van der Waals surface area contributed by atoms with Gasteiger partial charge in [-0.25, -0.2) is 11.1 Å². The van der Waals surface area contributed by atoms with Crippen LogP contribution in [-0.4, -0.2) is 26.2 Å².